The molecule has 0 radical (unpaired) electrons. The zero-order chi connectivity index (χ0) is 23.8. The summed E-state index contributed by atoms with van der Waals surface area (Å²) in [7, 11) is 0. The van der Waals surface area contributed by atoms with Gasteiger partial charge >= 0.3 is 12.1 Å². The number of esters is 1. The number of piperidine rings is 1. The van der Waals surface area contributed by atoms with Gasteiger partial charge in [0.15, 0.2) is 0 Å². The third-order valence-corrected chi connectivity index (χ3v) is 6.45. The number of nitro groups is 1. The van der Waals surface area contributed by atoms with E-state index in [-0.39, 0.29) is 28.9 Å². The number of ether oxygens (including phenoxy) is 2. The van der Waals surface area contributed by atoms with Crippen molar-refractivity contribution >= 4 is 17.7 Å². The van der Waals surface area contributed by atoms with Crippen LogP contribution in [0.15, 0.2) is 48.5 Å². The molecule has 1 amide bonds. The Labute approximate surface area is 192 Å². The lowest BCUT2D eigenvalue weighted by molar-refractivity contribution is -0.384. The van der Waals surface area contributed by atoms with Crippen LogP contribution in [0.3, 0.4) is 0 Å². The number of amides is 1. The van der Waals surface area contributed by atoms with Crippen LogP contribution in [-0.4, -0.2) is 46.7 Å². The molecule has 1 heterocycles. The number of hydrogen-bond donors (Lipinski definition) is 0. The van der Waals surface area contributed by atoms with Gasteiger partial charge in [-0.3, -0.25) is 10.1 Å². The van der Waals surface area contributed by atoms with Gasteiger partial charge in [0.2, 0.25) is 0 Å². The molecule has 1 atom stereocenters. The SMILES string of the molecule is CC(C)(C)OC(=O)N1CCC2(CC1)c1ccccc1C[C@@H]2OC(=O)c1ccc([N+](=O)[O-])cc1. The molecule has 1 aliphatic carbocycles. The molecule has 33 heavy (non-hydrogen) atoms. The summed E-state index contributed by atoms with van der Waals surface area (Å²) in [5.74, 6) is -0.503. The van der Waals surface area contributed by atoms with Gasteiger partial charge in [-0.15, -0.1) is 0 Å². The highest BCUT2D eigenvalue weighted by molar-refractivity contribution is 5.90. The number of carbonyl (C=O) groups excluding carboxylic acids is 2. The summed E-state index contributed by atoms with van der Waals surface area (Å²) in [5, 5.41) is 10.9. The molecule has 8 nitrogen and oxygen atoms in total. The van der Waals surface area contributed by atoms with Crippen molar-refractivity contribution in [2.24, 2.45) is 0 Å². The van der Waals surface area contributed by atoms with Gasteiger partial charge in [0.1, 0.15) is 11.7 Å². The number of rotatable bonds is 3. The van der Waals surface area contributed by atoms with Crippen LogP contribution in [0, 0.1) is 10.1 Å². The van der Waals surface area contributed by atoms with E-state index < -0.39 is 16.5 Å². The number of likely N-dealkylation sites (tertiary alicyclic amines) is 1. The van der Waals surface area contributed by atoms with E-state index in [2.05, 4.69) is 12.1 Å². The first-order valence-electron chi connectivity index (χ1n) is 11.1. The van der Waals surface area contributed by atoms with Gasteiger partial charge in [-0.1, -0.05) is 24.3 Å². The quantitative estimate of drug-likeness (QED) is 0.382. The highest BCUT2D eigenvalue weighted by Crippen LogP contribution is 2.48. The van der Waals surface area contributed by atoms with Crippen LogP contribution in [0.25, 0.3) is 0 Å². The number of non-ortho nitro benzene ring substituents is 1. The van der Waals surface area contributed by atoms with Gasteiger partial charge in [-0.25, -0.2) is 9.59 Å². The van der Waals surface area contributed by atoms with Gasteiger partial charge in [-0.05, 0) is 56.9 Å². The molecule has 1 fully saturated rings. The molecule has 0 saturated carbocycles. The van der Waals surface area contributed by atoms with E-state index in [9.17, 15) is 19.7 Å². The summed E-state index contributed by atoms with van der Waals surface area (Å²) in [6, 6.07) is 13.5. The third kappa shape index (κ3) is 4.55. The van der Waals surface area contributed by atoms with Gasteiger partial charge < -0.3 is 14.4 Å². The number of carbonyl (C=O) groups is 2. The van der Waals surface area contributed by atoms with E-state index in [0.717, 1.165) is 11.1 Å². The molecule has 8 heteroatoms. The van der Waals surface area contributed by atoms with E-state index in [0.29, 0.717) is 32.4 Å². The predicted octanol–water partition coefficient (Wildman–Crippen LogP) is 4.65. The van der Waals surface area contributed by atoms with Crippen molar-refractivity contribution in [1.29, 1.82) is 0 Å². The van der Waals surface area contributed by atoms with Crippen LogP contribution in [0.5, 0.6) is 0 Å². The Morgan fingerprint density at radius 2 is 1.70 bits per heavy atom. The minimum atomic E-state index is -0.561. The second-order valence-electron chi connectivity index (χ2n) is 9.68. The van der Waals surface area contributed by atoms with Crippen molar-refractivity contribution in [3.8, 4) is 0 Å². The maximum Gasteiger partial charge on any atom is 0.410 e. The fraction of sp³-hybridized carbons (Fsp3) is 0.440. The molecule has 2 aromatic carbocycles. The summed E-state index contributed by atoms with van der Waals surface area (Å²) in [6.45, 7) is 6.55. The monoisotopic (exact) mass is 452 g/mol. The summed E-state index contributed by atoms with van der Waals surface area (Å²) in [4.78, 5) is 37.6. The normalized spacial score (nSPS) is 19.1. The van der Waals surface area contributed by atoms with Crippen LogP contribution >= 0.6 is 0 Å². The van der Waals surface area contributed by atoms with Crippen molar-refractivity contribution in [2.45, 2.75) is 57.2 Å². The van der Waals surface area contributed by atoms with Crippen molar-refractivity contribution in [3.05, 3.63) is 75.3 Å². The Morgan fingerprint density at radius 1 is 1.06 bits per heavy atom. The molecule has 0 unspecified atom stereocenters. The summed E-state index contributed by atoms with van der Waals surface area (Å²) in [5.41, 5.74) is 1.56. The largest absolute Gasteiger partial charge is 0.457 e. The molecule has 0 aromatic heterocycles. The predicted molar refractivity (Wildman–Crippen MR) is 121 cm³/mol. The molecule has 0 N–H and O–H groups in total. The Morgan fingerprint density at radius 3 is 2.30 bits per heavy atom. The molecular weight excluding hydrogens is 424 g/mol. The van der Waals surface area contributed by atoms with E-state index >= 15 is 0 Å². The molecule has 1 aliphatic heterocycles. The average Bonchev–Trinajstić information content (AvgIpc) is 3.06. The minimum absolute atomic E-state index is 0.0780. The first-order chi connectivity index (χ1) is 15.6. The molecule has 1 spiro atoms. The van der Waals surface area contributed by atoms with E-state index in [1.54, 1.807) is 4.90 Å². The smallest absolute Gasteiger partial charge is 0.410 e. The molecular formula is C25H28N2O6. The highest BCUT2D eigenvalue weighted by Gasteiger charge is 2.51. The lowest BCUT2D eigenvalue weighted by Crippen LogP contribution is -2.51. The summed E-state index contributed by atoms with van der Waals surface area (Å²) < 4.78 is 11.5. The zero-order valence-corrected chi connectivity index (χ0v) is 19.1. The molecule has 4 rings (SSSR count). The number of fused-ring (bicyclic) bond motifs is 2. The molecule has 2 aromatic rings. The van der Waals surface area contributed by atoms with E-state index in [1.807, 2.05) is 32.9 Å². The van der Waals surface area contributed by atoms with Gasteiger partial charge in [0, 0.05) is 37.1 Å². The van der Waals surface area contributed by atoms with Crippen LogP contribution in [-0.2, 0) is 21.3 Å². The molecule has 0 bridgehead atoms. The topological polar surface area (TPSA) is 99.0 Å². The number of hydrogen-bond acceptors (Lipinski definition) is 6. The van der Waals surface area contributed by atoms with Crippen molar-refractivity contribution < 1.29 is 24.0 Å². The first kappa shape index (κ1) is 22.8. The lowest BCUT2D eigenvalue weighted by atomic mass is 9.72. The van der Waals surface area contributed by atoms with Crippen LogP contribution in [0.2, 0.25) is 0 Å². The number of nitrogens with zero attached hydrogens (tertiary/aromatic N) is 2. The lowest BCUT2D eigenvalue weighted by Gasteiger charge is -2.43. The van der Waals surface area contributed by atoms with Gasteiger partial charge in [0.25, 0.3) is 5.69 Å². The molecule has 174 valence electrons. The standard InChI is InChI=1S/C25H28N2O6/c1-24(2,3)33-23(29)26-14-12-25(13-15-26)20-7-5-4-6-18(20)16-21(25)32-22(28)17-8-10-19(11-9-17)27(30)31/h4-11,21H,12-16H2,1-3H3/t21-/m0/s1. The second kappa shape index (κ2) is 8.50. The second-order valence-corrected chi connectivity index (χ2v) is 9.68. The minimum Gasteiger partial charge on any atom is -0.457 e. The maximum absolute atomic E-state index is 12.9. The Bertz CT molecular complexity index is 1070. The third-order valence-electron chi connectivity index (χ3n) is 6.45. The van der Waals surface area contributed by atoms with Crippen LogP contribution in [0.1, 0.15) is 55.1 Å². The Hall–Kier alpha value is -3.42. The zero-order valence-electron chi connectivity index (χ0n) is 19.1. The average molecular weight is 453 g/mol. The fourth-order valence-corrected chi connectivity index (χ4v) is 4.83. The Kier molecular flexibility index (Phi) is 5.86. The Balaban J connectivity index is 1.53. The van der Waals surface area contributed by atoms with Crippen molar-refractivity contribution in [3.63, 3.8) is 0 Å². The molecule has 1 saturated heterocycles. The maximum atomic E-state index is 12.9. The first-order valence-corrected chi connectivity index (χ1v) is 11.1. The fourth-order valence-electron chi connectivity index (χ4n) is 4.83. The van der Waals surface area contributed by atoms with Gasteiger partial charge in [0.05, 0.1) is 10.5 Å². The van der Waals surface area contributed by atoms with E-state index in [4.69, 9.17) is 9.47 Å². The van der Waals surface area contributed by atoms with Gasteiger partial charge in [-0.2, -0.15) is 0 Å². The van der Waals surface area contributed by atoms with Crippen molar-refractivity contribution in [2.75, 3.05) is 13.1 Å². The number of benzene rings is 2. The van der Waals surface area contributed by atoms with Crippen molar-refractivity contribution in [1.82, 2.24) is 4.90 Å². The van der Waals surface area contributed by atoms with Crippen LogP contribution in [0.4, 0.5) is 10.5 Å². The van der Waals surface area contributed by atoms with E-state index in [1.165, 1.54) is 24.3 Å². The highest BCUT2D eigenvalue weighted by atomic mass is 16.6. The summed E-state index contributed by atoms with van der Waals surface area (Å²) in [6.07, 6.45) is 1.20. The molecule has 2 aliphatic rings. The number of nitro benzene ring substituents is 1. The van der Waals surface area contributed by atoms with Crippen LogP contribution < -0.4 is 0 Å². The summed E-state index contributed by atoms with van der Waals surface area (Å²) >= 11 is 0.